The van der Waals surface area contributed by atoms with Crippen LogP contribution in [0.3, 0.4) is 0 Å². The highest BCUT2D eigenvalue weighted by atomic mass is 32.2. The average molecular weight is 237 g/mol. The third-order valence-electron chi connectivity index (χ3n) is 2.25. The van der Waals surface area contributed by atoms with Crippen LogP contribution in [0.25, 0.3) is 0 Å². The molecule has 0 amide bonds. The lowest BCUT2D eigenvalue weighted by Gasteiger charge is -2.20. The number of sulfonamides is 1. The molecule has 0 fully saturated rings. The van der Waals surface area contributed by atoms with Crippen LogP contribution in [0, 0.1) is 5.92 Å². The van der Waals surface area contributed by atoms with E-state index in [1.54, 1.807) is 0 Å². The Morgan fingerprint density at radius 2 is 1.80 bits per heavy atom. The van der Waals surface area contributed by atoms with Gasteiger partial charge in [0.25, 0.3) is 0 Å². The Bertz CT molecular complexity index is 310. The number of hydrogen-bond donors (Lipinski definition) is 1. The fourth-order valence-corrected chi connectivity index (χ4v) is 2.12. The Morgan fingerprint density at radius 1 is 1.33 bits per heavy atom. The summed E-state index contributed by atoms with van der Waals surface area (Å²) in [6, 6.07) is 0. The van der Waals surface area contributed by atoms with Gasteiger partial charge in [0, 0.05) is 13.6 Å². The monoisotopic (exact) mass is 237 g/mol. The molecule has 1 atom stereocenters. The second kappa shape index (κ2) is 5.46. The Hall–Kier alpha value is -0.620. The van der Waals surface area contributed by atoms with E-state index < -0.39 is 21.2 Å². The number of carboxylic acids is 1. The van der Waals surface area contributed by atoms with Crippen molar-refractivity contribution < 1.29 is 18.3 Å². The summed E-state index contributed by atoms with van der Waals surface area (Å²) in [6.07, 6.45) is 0.724. The van der Waals surface area contributed by atoms with Crippen molar-refractivity contribution in [2.24, 2.45) is 5.92 Å². The zero-order valence-electron chi connectivity index (χ0n) is 9.60. The molecular formula is C9H19NO4S. The molecule has 1 unspecified atom stereocenters. The van der Waals surface area contributed by atoms with Gasteiger partial charge in [0.2, 0.25) is 10.0 Å². The molecule has 0 aliphatic carbocycles. The Balaban J connectivity index is 4.53. The Morgan fingerprint density at radius 3 is 2.13 bits per heavy atom. The highest BCUT2D eigenvalue weighted by Gasteiger charge is 2.31. The second-order valence-electron chi connectivity index (χ2n) is 4.03. The molecule has 0 aliphatic rings. The van der Waals surface area contributed by atoms with Gasteiger partial charge in [0.05, 0.1) is 0 Å². The summed E-state index contributed by atoms with van der Waals surface area (Å²) in [6.45, 7) is 5.52. The molecule has 15 heavy (non-hydrogen) atoms. The summed E-state index contributed by atoms with van der Waals surface area (Å²) in [5, 5.41) is 7.26. The van der Waals surface area contributed by atoms with E-state index in [0.29, 0.717) is 12.5 Å². The smallest absolute Gasteiger partial charge is 0.323 e. The lowest BCUT2D eigenvalue weighted by atomic mass is 10.1. The Kier molecular flexibility index (Phi) is 5.23. The van der Waals surface area contributed by atoms with Gasteiger partial charge in [-0.1, -0.05) is 13.8 Å². The van der Waals surface area contributed by atoms with E-state index in [9.17, 15) is 13.2 Å². The van der Waals surface area contributed by atoms with Crippen LogP contribution in [-0.2, 0) is 14.8 Å². The first-order valence-electron chi connectivity index (χ1n) is 4.87. The third kappa shape index (κ3) is 4.17. The molecule has 90 valence electrons. The first kappa shape index (κ1) is 14.4. The summed E-state index contributed by atoms with van der Waals surface area (Å²) >= 11 is 0. The van der Waals surface area contributed by atoms with Crippen molar-refractivity contribution in [3.8, 4) is 0 Å². The highest BCUT2D eigenvalue weighted by Crippen LogP contribution is 2.10. The first-order valence-corrected chi connectivity index (χ1v) is 6.37. The molecule has 0 spiro atoms. The minimum absolute atomic E-state index is 0.359. The lowest BCUT2D eigenvalue weighted by Crippen LogP contribution is -2.39. The molecule has 0 aliphatic heterocycles. The van der Waals surface area contributed by atoms with Gasteiger partial charge in [-0.3, -0.25) is 4.79 Å². The van der Waals surface area contributed by atoms with Gasteiger partial charge < -0.3 is 5.11 Å². The number of nitrogens with zero attached hydrogens (tertiary/aromatic N) is 1. The predicted octanol–water partition coefficient (Wildman–Crippen LogP) is 0.767. The maximum atomic E-state index is 11.6. The van der Waals surface area contributed by atoms with Gasteiger partial charge in [0.1, 0.15) is 0 Å². The molecule has 1 N–H and O–H groups in total. The summed E-state index contributed by atoms with van der Waals surface area (Å²) in [5.74, 6) is -0.922. The highest BCUT2D eigenvalue weighted by molar-refractivity contribution is 7.90. The minimum atomic E-state index is -3.70. The van der Waals surface area contributed by atoms with Crippen LogP contribution in [0.4, 0.5) is 0 Å². The maximum absolute atomic E-state index is 11.6. The van der Waals surface area contributed by atoms with Crippen LogP contribution in [-0.4, -0.2) is 42.6 Å². The zero-order chi connectivity index (χ0) is 12.2. The van der Waals surface area contributed by atoms with Gasteiger partial charge in [-0.25, -0.2) is 12.7 Å². The number of carbonyl (C=O) groups is 1. The van der Waals surface area contributed by atoms with Crippen LogP contribution in [0.1, 0.15) is 27.2 Å². The molecule has 0 rings (SSSR count). The molecule has 6 heteroatoms. The maximum Gasteiger partial charge on any atom is 0.323 e. The SMILES string of the molecule is CC(C)CCN(C)S(=O)(=O)C(C)C(=O)O. The van der Waals surface area contributed by atoms with Crippen LogP contribution in [0.15, 0.2) is 0 Å². The van der Waals surface area contributed by atoms with Gasteiger partial charge in [0.15, 0.2) is 5.25 Å². The van der Waals surface area contributed by atoms with Crippen molar-refractivity contribution in [2.45, 2.75) is 32.4 Å². The van der Waals surface area contributed by atoms with E-state index in [0.717, 1.165) is 10.7 Å². The summed E-state index contributed by atoms with van der Waals surface area (Å²) in [7, 11) is -2.29. The van der Waals surface area contributed by atoms with E-state index in [1.807, 2.05) is 13.8 Å². The van der Waals surface area contributed by atoms with Crippen LogP contribution >= 0.6 is 0 Å². The van der Waals surface area contributed by atoms with E-state index in [2.05, 4.69) is 0 Å². The fourth-order valence-electron chi connectivity index (χ4n) is 0.965. The summed E-state index contributed by atoms with van der Waals surface area (Å²) < 4.78 is 24.4. The van der Waals surface area contributed by atoms with Gasteiger partial charge >= 0.3 is 5.97 Å². The van der Waals surface area contributed by atoms with E-state index >= 15 is 0 Å². The molecule has 0 aromatic rings. The average Bonchev–Trinajstić information content (AvgIpc) is 2.12. The zero-order valence-corrected chi connectivity index (χ0v) is 10.4. The van der Waals surface area contributed by atoms with Crippen molar-refractivity contribution in [1.82, 2.24) is 4.31 Å². The Labute approximate surface area is 91.1 Å². The van der Waals surface area contributed by atoms with Crippen molar-refractivity contribution >= 4 is 16.0 Å². The van der Waals surface area contributed by atoms with Crippen molar-refractivity contribution in [3.05, 3.63) is 0 Å². The second-order valence-corrected chi connectivity index (χ2v) is 6.39. The summed E-state index contributed by atoms with van der Waals surface area (Å²) in [5.41, 5.74) is 0. The number of aliphatic carboxylic acids is 1. The minimum Gasteiger partial charge on any atom is -0.480 e. The molecule has 0 radical (unpaired) electrons. The predicted molar refractivity (Wildman–Crippen MR) is 58.1 cm³/mol. The number of carboxylic acid groups (broad SMARTS) is 1. The molecule has 0 bridgehead atoms. The summed E-state index contributed by atoms with van der Waals surface area (Å²) in [4.78, 5) is 10.6. The van der Waals surface area contributed by atoms with Crippen LogP contribution in [0.2, 0.25) is 0 Å². The van der Waals surface area contributed by atoms with Crippen molar-refractivity contribution in [1.29, 1.82) is 0 Å². The molecule has 0 heterocycles. The number of rotatable bonds is 6. The quantitative estimate of drug-likeness (QED) is 0.740. The fraction of sp³-hybridized carbons (Fsp3) is 0.889. The van der Waals surface area contributed by atoms with Crippen molar-refractivity contribution in [3.63, 3.8) is 0 Å². The normalized spacial score (nSPS) is 14.5. The first-order chi connectivity index (χ1) is 6.69. The standard InChI is InChI=1S/C9H19NO4S/c1-7(2)5-6-10(4)15(13,14)8(3)9(11)12/h7-8H,5-6H2,1-4H3,(H,11,12). The molecule has 0 aromatic heterocycles. The van der Waals surface area contributed by atoms with E-state index in [-0.39, 0.29) is 0 Å². The van der Waals surface area contributed by atoms with Crippen LogP contribution < -0.4 is 0 Å². The van der Waals surface area contributed by atoms with Crippen LogP contribution in [0.5, 0.6) is 0 Å². The van der Waals surface area contributed by atoms with E-state index in [1.165, 1.54) is 14.0 Å². The van der Waals surface area contributed by atoms with Crippen molar-refractivity contribution in [2.75, 3.05) is 13.6 Å². The van der Waals surface area contributed by atoms with Gasteiger partial charge in [-0.05, 0) is 19.3 Å². The largest absolute Gasteiger partial charge is 0.480 e. The molecule has 0 saturated heterocycles. The molecule has 0 aromatic carbocycles. The van der Waals surface area contributed by atoms with Gasteiger partial charge in [-0.2, -0.15) is 0 Å². The third-order valence-corrected chi connectivity index (χ3v) is 4.40. The molecular weight excluding hydrogens is 218 g/mol. The molecule has 5 nitrogen and oxygen atoms in total. The van der Waals surface area contributed by atoms with Gasteiger partial charge in [-0.15, -0.1) is 0 Å². The van der Waals surface area contributed by atoms with E-state index in [4.69, 9.17) is 5.11 Å². The molecule has 0 saturated carbocycles. The topological polar surface area (TPSA) is 74.7 Å². The number of hydrogen-bond acceptors (Lipinski definition) is 3. The lowest BCUT2D eigenvalue weighted by molar-refractivity contribution is -0.136.